The molecule has 2 atom stereocenters. The van der Waals surface area contributed by atoms with Gasteiger partial charge in [-0.3, -0.25) is 9.59 Å². The van der Waals surface area contributed by atoms with Crippen LogP contribution in [0.2, 0.25) is 5.02 Å². The number of hydrogen-bond donors (Lipinski definition) is 1. The molecule has 2 aliphatic heterocycles. The molecule has 0 spiro atoms. The van der Waals surface area contributed by atoms with E-state index in [4.69, 9.17) is 21.1 Å². The molecule has 0 aliphatic carbocycles. The van der Waals surface area contributed by atoms with Crippen molar-refractivity contribution < 1.29 is 23.5 Å². The predicted octanol–water partition coefficient (Wildman–Crippen LogP) is 2.16. The average molecular weight is 436 g/mol. The Balaban J connectivity index is 1.38. The molecule has 1 N–H and O–H groups in total. The first-order chi connectivity index (χ1) is 14.3. The van der Waals surface area contributed by atoms with Crippen LogP contribution in [-0.4, -0.2) is 65.8 Å². The molecule has 2 aliphatic rings. The lowest BCUT2D eigenvalue weighted by Crippen LogP contribution is -2.42. The number of aryl methyl sites for hydroxylation is 2. The maximum Gasteiger partial charge on any atom is 0.268 e. The Hall–Kier alpha value is -2.42. The van der Waals surface area contributed by atoms with Crippen LogP contribution in [0.4, 0.5) is 4.39 Å². The smallest absolute Gasteiger partial charge is 0.268 e. The third kappa shape index (κ3) is 3.95. The van der Waals surface area contributed by atoms with Gasteiger partial charge in [0.05, 0.1) is 29.8 Å². The number of ether oxygens (including phenoxy) is 2. The van der Waals surface area contributed by atoms with Crippen LogP contribution in [0.3, 0.4) is 0 Å². The van der Waals surface area contributed by atoms with Crippen molar-refractivity contribution in [1.29, 1.82) is 0 Å². The second kappa shape index (κ2) is 8.37. The van der Waals surface area contributed by atoms with E-state index in [1.807, 2.05) is 0 Å². The zero-order valence-corrected chi connectivity index (χ0v) is 17.5. The van der Waals surface area contributed by atoms with Gasteiger partial charge in [-0.2, -0.15) is 0 Å². The van der Waals surface area contributed by atoms with E-state index in [0.717, 1.165) is 0 Å². The Morgan fingerprint density at radius 2 is 1.83 bits per heavy atom. The van der Waals surface area contributed by atoms with Crippen molar-refractivity contribution in [2.75, 3.05) is 26.3 Å². The van der Waals surface area contributed by atoms with Crippen LogP contribution in [0.5, 0.6) is 0 Å². The van der Waals surface area contributed by atoms with Gasteiger partial charge in [-0.05, 0) is 30.7 Å². The summed E-state index contributed by atoms with van der Waals surface area (Å²) in [7, 11) is 1.80. The number of carbonyl (C=O) groups excluding carboxylic acids is 2. The molecule has 7 nitrogen and oxygen atoms in total. The SMILES string of the molecule is Cc1ccc(F)c(C(=O)N2C[C@@H]3OCC(NC(=O)c4cccn4C)CO[C@H]3C2)c1Cl. The van der Waals surface area contributed by atoms with E-state index in [-0.39, 0.29) is 61.0 Å². The van der Waals surface area contributed by atoms with Crippen molar-refractivity contribution in [2.24, 2.45) is 7.05 Å². The number of nitrogens with zero attached hydrogens (tertiary/aromatic N) is 2. The minimum atomic E-state index is -0.645. The second-order valence-corrected chi connectivity index (χ2v) is 8.06. The molecule has 1 aromatic heterocycles. The summed E-state index contributed by atoms with van der Waals surface area (Å²) in [4.78, 5) is 26.8. The highest BCUT2D eigenvalue weighted by Crippen LogP contribution is 2.28. The van der Waals surface area contributed by atoms with Gasteiger partial charge in [-0.1, -0.05) is 17.7 Å². The molecule has 4 rings (SSSR count). The number of fused-ring (bicyclic) bond motifs is 1. The minimum Gasteiger partial charge on any atom is -0.371 e. The van der Waals surface area contributed by atoms with Gasteiger partial charge in [0, 0.05) is 26.3 Å². The lowest BCUT2D eigenvalue weighted by Gasteiger charge is -2.20. The maximum absolute atomic E-state index is 14.3. The number of amides is 2. The van der Waals surface area contributed by atoms with Crippen molar-refractivity contribution in [1.82, 2.24) is 14.8 Å². The molecule has 9 heteroatoms. The van der Waals surface area contributed by atoms with E-state index < -0.39 is 11.7 Å². The molecule has 2 saturated heterocycles. The minimum absolute atomic E-state index is 0.123. The van der Waals surface area contributed by atoms with Crippen LogP contribution in [0.1, 0.15) is 26.4 Å². The fourth-order valence-electron chi connectivity index (χ4n) is 3.81. The number of aromatic nitrogens is 1. The number of halogens is 2. The van der Waals surface area contributed by atoms with Crippen molar-refractivity contribution in [2.45, 2.75) is 25.2 Å². The van der Waals surface area contributed by atoms with Gasteiger partial charge >= 0.3 is 0 Å². The summed E-state index contributed by atoms with van der Waals surface area (Å²) in [5.74, 6) is -1.32. The van der Waals surface area contributed by atoms with Crippen LogP contribution < -0.4 is 5.32 Å². The summed E-state index contributed by atoms with van der Waals surface area (Å²) in [5, 5.41) is 3.04. The number of rotatable bonds is 3. The summed E-state index contributed by atoms with van der Waals surface area (Å²) in [6, 6.07) is 6.02. The Morgan fingerprint density at radius 1 is 1.17 bits per heavy atom. The average Bonchev–Trinajstić information content (AvgIpc) is 3.28. The molecule has 2 aromatic rings. The second-order valence-electron chi connectivity index (χ2n) is 7.68. The monoisotopic (exact) mass is 435 g/mol. The summed E-state index contributed by atoms with van der Waals surface area (Å²) >= 11 is 6.18. The predicted molar refractivity (Wildman–Crippen MR) is 108 cm³/mol. The zero-order chi connectivity index (χ0) is 21.4. The molecule has 0 saturated carbocycles. The topological polar surface area (TPSA) is 72.8 Å². The molecule has 2 amide bonds. The quantitative estimate of drug-likeness (QED) is 0.802. The number of likely N-dealkylation sites (tertiary alicyclic amines) is 1. The molecule has 30 heavy (non-hydrogen) atoms. The van der Waals surface area contributed by atoms with Gasteiger partial charge in [-0.15, -0.1) is 0 Å². The molecular formula is C21H23ClFN3O4. The summed E-state index contributed by atoms with van der Waals surface area (Å²) in [5.41, 5.74) is 1.06. The third-order valence-electron chi connectivity index (χ3n) is 5.54. The Kier molecular flexibility index (Phi) is 5.81. The van der Waals surface area contributed by atoms with E-state index in [2.05, 4.69) is 5.32 Å². The maximum atomic E-state index is 14.3. The number of carbonyl (C=O) groups is 2. The van der Waals surface area contributed by atoms with Crippen molar-refractivity contribution in [3.8, 4) is 0 Å². The Labute approximate surface area is 178 Å². The Bertz CT molecular complexity index is 963. The normalized spacial score (nSPS) is 21.9. The van der Waals surface area contributed by atoms with Crippen LogP contribution in [0.15, 0.2) is 30.5 Å². The van der Waals surface area contributed by atoms with E-state index in [9.17, 15) is 14.0 Å². The van der Waals surface area contributed by atoms with Gasteiger partial charge < -0.3 is 24.3 Å². The van der Waals surface area contributed by atoms with Gasteiger partial charge in [0.25, 0.3) is 11.8 Å². The number of nitrogens with one attached hydrogen (secondary N) is 1. The van der Waals surface area contributed by atoms with E-state index >= 15 is 0 Å². The molecule has 2 fully saturated rings. The Morgan fingerprint density at radius 3 is 2.43 bits per heavy atom. The van der Waals surface area contributed by atoms with Crippen molar-refractivity contribution >= 4 is 23.4 Å². The van der Waals surface area contributed by atoms with Gasteiger partial charge in [0.2, 0.25) is 0 Å². The molecular weight excluding hydrogens is 413 g/mol. The lowest BCUT2D eigenvalue weighted by atomic mass is 10.1. The zero-order valence-electron chi connectivity index (χ0n) is 16.7. The van der Waals surface area contributed by atoms with Gasteiger partial charge in [-0.25, -0.2) is 4.39 Å². The van der Waals surface area contributed by atoms with E-state index in [1.54, 1.807) is 42.9 Å². The molecule has 160 valence electrons. The first kappa shape index (κ1) is 20.8. The van der Waals surface area contributed by atoms with Crippen molar-refractivity contribution in [3.63, 3.8) is 0 Å². The van der Waals surface area contributed by atoms with Gasteiger partial charge in [0.1, 0.15) is 23.7 Å². The number of hydrogen-bond acceptors (Lipinski definition) is 4. The summed E-state index contributed by atoms with van der Waals surface area (Å²) < 4.78 is 27.8. The molecule has 0 unspecified atom stereocenters. The fourth-order valence-corrected chi connectivity index (χ4v) is 4.04. The van der Waals surface area contributed by atoms with E-state index in [1.165, 1.54) is 11.0 Å². The lowest BCUT2D eigenvalue weighted by molar-refractivity contribution is -0.00461. The van der Waals surface area contributed by atoms with Gasteiger partial charge in [0.15, 0.2) is 0 Å². The highest BCUT2D eigenvalue weighted by Gasteiger charge is 2.40. The molecule has 0 bridgehead atoms. The summed E-state index contributed by atoms with van der Waals surface area (Å²) in [6.07, 6.45) is 1.10. The highest BCUT2D eigenvalue weighted by molar-refractivity contribution is 6.34. The third-order valence-corrected chi connectivity index (χ3v) is 6.02. The molecule has 3 heterocycles. The molecule has 1 aromatic carbocycles. The highest BCUT2D eigenvalue weighted by atomic mass is 35.5. The van der Waals surface area contributed by atoms with Crippen LogP contribution >= 0.6 is 11.6 Å². The van der Waals surface area contributed by atoms with Crippen LogP contribution in [-0.2, 0) is 16.5 Å². The van der Waals surface area contributed by atoms with E-state index in [0.29, 0.717) is 11.3 Å². The van der Waals surface area contributed by atoms with Crippen molar-refractivity contribution in [3.05, 3.63) is 58.1 Å². The largest absolute Gasteiger partial charge is 0.371 e. The van der Waals surface area contributed by atoms with Crippen LogP contribution in [0, 0.1) is 12.7 Å². The van der Waals surface area contributed by atoms with Crippen LogP contribution in [0.25, 0.3) is 0 Å². The molecule has 0 radical (unpaired) electrons. The summed E-state index contributed by atoms with van der Waals surface area (Å²) in [6.45, 7) is 2.79. The first-order valence-corrected chi connectivity index (χ1v) is 10.1. The fraction of sp³-hybridized carbons (Fsp3) is 0.429. The standard InChI is InChI=1S/C21H23ClFN3O4/c1-12-5-6-14(23)18(19(12)22)21(28)26-8-16-17(9-26)30-11-13(10-29-16)24-20(27)15-4-3-7-25(15)2/h3-7,13,16-17H,8-11H2,1-2H3,(H,24,27)/t16-,17-/m0/s1. The number of benzene rings is 1. The first-order valence-electron chi connectivity index (χ1n) is 9.74.